The number of carbonyl (C=O) groups is 12. The van der Waals surface area contributed by atoms with Gasteiger partial charge in [0.2, 0.25) is 29.5 Å². The molecule has 0 aromatic rings. The Morgan fingerprint density at radius 1 is 0.574 bits per heavy atom. The first-order chi connectivity index (χ1) is 47.5. The number of ether oxygens (including phenoxy) is 2. The van der Waals surface area contributed by atoms with E-state index in [1.807, 2.05) is 0 Å². The van der Waals surface area contributed by atoms with Crippen molar-refractivity contribution in [3.05, 3.63) is 0 Å². The van der Waals surface area contributed by atoms with Crippen molar-refractivity contribution in [2.45, 2.75) is 144 Å². The molecule has 2 heterocycles. The first kappa shape index (κ1) is 96.1. The van der Waals surface area contributed by atoms with E-state index in [0.717, 1.165) is 22.2 Å². The summed E-state index contributed by atoms with van der Waals surface area (Å²) in [6.07, 6.45) is -2.06. The number of nitrogens with one attached hydrogen (secondary N) is 7. The molecule has 14 amide bonds. The van der Waals surface area contributed by atoms with Crippen LogP contribution in [0.25, 0.3) is 0 Å². The third-order valence-corrected chi connectivity index (χ3v) is 17.3. The van der Waals surface area contributed by atoms with Crippen LogP contribution in [-0.4, -0.2) is 304 Å². The number of aliphatic hydroxyl groups excluding tert-OH is 1. The van der Waals surface area contributed by atoms with Crippen LogP contribution in [0.15, 0.2) is 0 Å². The van der Waals surface area contributed by atoms with E-state index >= 15 is 0 Å². The van der Waals surface area contributed by atoms with Gasteiger partial charge >= 0.3 is 39.7 Å². The molecule has 0 aromatic heterocycles. The smallest absolute Gasteiger partial charge is 0.394 e. The molecule has 2 aliphatic rings. The van der Waals surface area contributed by atoms with Crippen molar-refractivity contribution < 1.29 is 119 Å². The topological polar surface area (TPSA) is 546 Å². The third-order valence-electron chi connectivity index (χ3n) is 14.8. The SMILES string of the molecule is CCC(=O)N(CCN)NC(=O)NCCN(C(=O)CC)[N+](C)(CC)C(=O)NC.CCC(=O)N(CCNC(=O)CN(CCN)C(=O)CC)CC(=O)NC.CCC(=O)N(CCNC(=O)ON(CCN)C(=O)CC)OC(=O)NC.COP(=O)(O)CC1CC(C)OC1COP(=O)(O)OC1CC(C)OC1CO. The Labute approximate surface area is 591 Å². The average Bonchev–Trinajstić information content (AvgIpc) is 1.30. The van der Waals surface area contributed by atoms with Gasteiger partial charge in [0.15, 0.2) is 0 Å². The summed E-state index contributed by atoms with van der Waals surface area (Å²) in [6, 6.07) is -0.911. The minimum absolute atomic E-state index is 0.0433. The second-order valence-electron chi connectivity index (χ2n) is 22.3. The zero-order chi connectivity index (χ0) is 77.6. The normalized spacial score (nSPS) is 18.2. The first-order valence-electron chi connectivity index (χ1n) is 33.3. The maximum Gasteiger partial charge on any atom is 0.472 e. The molecule has 2 fully saturated rings. The number of nitrogens with zero attached hydrogens (tertiary/aromatic N) is 7. The highest BCUT2D eigenvalue weighted by atomic mass is 31.2. The molecule has 16 N–H and O–H groups in total. The third kappa shape index (κ3) is 38.2. The number of nitrogens with two attached hydrogens (primary N) is 3. The van der Waals surface area contributed by atoms with Gasteiger partial charge in [0.1, 0.15) is 25.8 Å². The van der Waals surface area contributed by atoms with E-state index in [4.69, 9.17) is 45.4 Å². The Morgan fingerprint density at radius 2 is 1.07 bits per heavy atom. The molecule has 101 heavy (non-hydrogen) atoms. The van der Waals surface area contributed by atoms with Crippen LogP contribution in [0.1, 0.15) is 114 Å². The second-order valence-corrected chi connectivity index (χ2v) is 25.7. The Balaban J connectivity index is 0. The van der Waals surface area contributed by atoms with Crippen molar-refractivity contribution in [3.8, 4) is 0 Å². The van der Waals surface area contributed by atoms with E-state index in [1.165, 1.54) is 36.0 Å². The van der Waals surface area contributed by atoms with Gasteiger partial charge in [-0.1, -0.05) is 41.5 Å². The van der Waals surface area contributed by atoms with Crippen molar-refractivity contribution in [1.82, 2.24) is 67.3 Å². The highest BCUT2D eigenvalue weighted by Crippen LogP contribution is 2.50. The lowest BCUT2D eigenvalue weighted by molar-refractivity contribution is -0.934. The molecule has 0 radical (unpaired) electrons. The molecule has 2 aliphatic heterocycles. The van der Waals surface area contributed by atoms with Crippen LogP contribution in [0.2, 0.25) is 0 Å². The van der Waals surface area contributed by atoms with Crippen LogP contribution in [0.4, 0.5) is 19.2 Å². The molecular formula is C58H116N17O24P2+. The maximum atomic E-state index is 12.3. The number of phosphoric ester groups is 1. The molecule has 43 heteroatoms. The molecular weight excluding hydrogens is 1380 g/mol. The van der Waals surface area contributed by atoms with E-state index in [2.05, 4.69) is 41.9 Å². The second kappa shape index (κ2) is 52.0. The Kier molecular flexibility index (Phi) is 49.5. The summed E-state index contributed by atoms with van der Waals surface area (Å²) in [5.41, 5.74) is 18.7. The summed E-state index contributed by atoms with van der Waals surface area (Å²) >= 11 is 0. The molecule has 0 bridgehead atoms. The predicted octanol–water partition coefficient (Wildman–Crippen LogP) is -1.74. The molecule has 9 atom stereocenters. The Bertz CT molecular complexity index is 2600. The standard InChI is InChI=1S/C16H33N7O4.C15H29N5O4.C14H28O10P2.C13H25N5O6/c1-6-13(24)21(11-9-17)20-15(26)19-10-12-22(14(25)7-2)23(5,8-3)16(27)18-4;1-4-14(23)19(8-6-16)11-13(22)18-7-9-20(15(24)5-2)10-12(21)17-3;1-9-4-11(8-25(16,17)20-3)14(23-9)7-21-26(18,19)24-12-5-10(2)22-13(12)6-15;1-4-10(19)17(8-6-14)24-13(22)16-7-9-18(11(20)5-2)23-12(21)15-3/h6-12,17H2,1-5H3,(H2-,18,19,20,26,27);4-11,16H2,1-3H3,(H,17,21)(H,18,22);9-15H,4-8H2,1-3H3,(H,16,17)(H,18,19);4-9,14H2,1-3H3,(H,15,21)(H,16,22)/p+1. The molecule has 41 nitrogen and oxygen atoms in total. The molecule has 0 saturated carbocycles. The van der Waals surface area contributed by atoms with E-state index in [9.17, 15) is 81.6 Å². The van der Waals surface area contributed by atoms with Crippen LogP contribution < -0.4 is 54.5 Å². The molecule has 9 unspecified atom stereocenters. The van der Waals surface area contributed by atoms with Gasteiger partial charge in [0.05, 0.1) is 77.0 Å². The van der Waals surface area contributed by atoms with Crippen molar-refractivity contribution >= 4 is 86.9 Å². The minimum Gasteiger partial charge on any atom is -0.394 e. The van der Waals surface area contributed by atoms with E-state index < -0.39 is 57.9 Å². The predicted molar refractivity (Wildman–Crippen MR) is 365 cm³/mol. The number of urea groups is 2. The number of hydrogen-bond donors (Lipinski definition) is 13. The fourth-order valence-corrected chi connectivity index (χ4v) is 11.3. The zero-order valence-electron chi connectivity index (χ0n) is 61.0. The zero-order valence-corrected chi connectivity index (χ0v) is 62.8. The van der Waals surface area contributed by atoms with Crippen molar-refractivity contribution in [1.29, 1.82) is 0 Å². The van der Waals surface area contributed by atoms with Gasteiger partial charge in [0, 0.05) is 131 Å². The van der Waals surface area contributed by atoms with E-state index in [0.29, 0.717) is 32.4 Å². The summed E-state index contributed by atoms with van der Waals surface area (Å²) in [5, 5.41) is 28.3. The first-order valence-corrected chi connectivity index (χ1v) is 36.6. The number of hydroxylamine groups is 4. The number of quaternary nitrogens is 1. The van der Waals surface area contributed by atoms with Crippen LogP contribution >= 0.6 is 15.4 Å². The van der Waals surface area contributed by atoms with E-state index in [-0.39, 0.29) is 207 Å². The summed E-state index contributed by atoms with van der Waals surface area (Å²) in [7, 11) is -1.00. The van der Waals surface area contributed by atoms with Gasteiger partial charge in [-0.25, -0.2) is 29.2 Å². The average molecular weight is 1500 g/mol. The lowest BCUT2D eigenvalue weighted by atomic mass is 10.0. The number of rotatable bonds is 35. The van der Waals surface area contributed by atoms with Crippen molar-refractivity contribution in [2.75, 3.05) is 153 Å². The molecule has 586 valence electrons. The van der Waals surface area contributed by atoms with Crippen LogP contribution in [0, 0.1) is 5.92 Å². The lowest BCUT2D eigenvalue weighted by Gasteiger charge is -2.39. The summed E-state index contributed by atoms with van der Waals surface area (Å²) in [4.78, 5) is 173. The molecule has 0 spiro atoms. The highest BCUT2D eigenvalue weighted by Gasteiger charge is 2.43. The number of phosphoric acid groups is 1. The Hall–Kier alpha value is -6.98. The van der Waals surface area contributed by atoms with Crippen LogP contribution in [0.5, 0.6) is 0 Å². The molecule has 2 saturated heterocycles. The summed E-state index contributed by atoms with van der Waals surface area (Å²) in [5.74, 6) is -2.54. The minimum atomic E-state index is -4.41. The largest absolute Gasteiger partial charge is 0.472 e. The van der Waals surface area contributed by atoms with Crippen LogP contribution in [-0.2, 0) is 80.2 Å². The van der Waals surface area contributed by atoms with Crippen LogP contribution in [0.3, 0.4) is 0 Å². The van der Waals surface area contributed by atoms with Crippen molar-refractivity contribution in [2.24, 2.45) is 23.1 Å². The lowest BCUT2D eigenvalue weighted by Crippen LogP contribution is -2.66. The van der Waals surface area contributed by atoms with Gasteiger partial charge in [0.25, 0.3) is 17.7 Å². The quantitative estimate of drug-likeness (QED) is 0.0190. The van der Waals surface area contributed by atoms with Crippen molar-refractivity contribution in [3.63, 3.8) is 0 Å². The number of carbonyl (C=O) groups excluding carboxylic acids is 12. The highest BCUT2D eigenvalue weighted by molar-refractivity contribution is 7.52. The fourth-order valence-electron chi connectivity index (χ4n) is 9.23. The number of hydrogen-bond acceptors (Lipinski definition) is 25. The fraction of sp³-hybridized carbons (Fsp3) is 0.793. The van der Waals surface area contributed by atoms with Gasteiger partial charge < -0.3 is 97.5 Å². The van der Waals surface area contributed by atoms with E-state index in [1.54, 1.807) is 69.4 Å². The maximum absolute atomic E-state index is 12.3. The van der Waals surface area contributed by atoms with Gasteiger partial charge in [-0.3, -0.25) is 57.0 Å². The monoisotopic (exact) mass is 1500 g/mol. The number of amides is 14. The van der Waals surface area contributed by atoms with Gasteiger partial charge in [-0.15, -0.1) is 4.59 Å². The molecule has 0 aromatic carbocycles. The Morgan fingerprint density at radius 3 is 1.56 bits per heavy atom. The van der Waals surface area contributed by atoms with Gasteiger partial charge in [-0.2, -0.15) is 15.1 Å². The number of aliphatic hydroxyl groups is 1. The number of hydrazine groups is 1. The molecule has 2 rings (SSSR count). The number of likely N-dealkylation sites (N-methyl/N-ethyl adjacent to an activating group) is 1. The summed E-state index contributed by atoms with van der Waals surface area (Å²) in [6.45, 7) is 16.8. The van der Waals surface area contributed by atoms with Gasteiger partial charge in [-0.05, 0) is 27.2 Å². The summed E-state index contributed by atoms with van der Waals surface area (Å²) < 4.78 is 49.5. The molecule has 0 aliphatic carbocycles.